The summed E-state index contributed by atoms with van der Waals surface area (Å²) in [5, 5.41) is 2.27. The number of rotatable bonds is 4. The molecule has 0 aliphatic heterocycles. The average molecular weight is 357 g/mol. The lowest BCUT2D eigenvalue weighted by atomic mass is 10.1. The molecular weight excluding hydrogens is 344 g/mol. The van der Waals surface area contributed by atoms with E-state index in [-0.39, 0.29) is 18.2 Å². The van der Waals surface area contributed by atoms with Crippen LogP contribution in [0.4, 0.5) is 0 Å². The second-order valence-corrected chi connectivity index (χ2v) is 6.34. The van der Waals surface area contributed by atoms with Gasteiger partial charge in [0, 0.05) is 27.7 Å². The van der Waals surface area contributed by atoms with Gasteiger partial charge in [-0.3, -0.25) is 9.59 Å². The van der Waals surface area contributed by atoms with Crippen LogP contribution in [0.2, 0.25) is 5.02 Å². The van der Waals surface area contributed by atoms with Gasteiger partial charge >= 0.3 is 0 Å². The number of thiazole rings is 1. The van der Waals surface area contributed by atoms with E-state index in [1.54, 1.807) is 52.5 Å². The fourth-order valence-electron chi connectivity index (χ4n) is 2.15. The van der Waals surface area contributed by atoms with Gasteiger partial charge in [0.25, 0.3) is 5.91 Å². The van der Waals surface area contributed by atoms with Crippen LogP contribution in [0.3, 0.4) is 0 Å². The summed E-state index contributed by atoms with van der Waals surface area (Å²) in [6.45, 7) is 0.134. The highest BCUT2D eigenvalue weighted by Gasteiger charge is 2.09. The molecule has 1 amide bonds. The highest BCUT2D eigenvalue weighted by Crippen LogP contribution is 2.11. The van der Waals surface area contributed by atoms with E-state index in [1.807, 2.05) is 18.2 Å². The molecule has 1 aromatic heterocycles. The predicted octanol–water partition coefficient (Wildman–Crippen LogP) is 3.83. The molecule has 0 fully saturated rings. The number of nitrogens with zero attached hydrogens (tertiary/aromatic N) is 2. The highest BCUT2D eigenvalue weighted by atomic mass is 35.5. The summed E-state index contributed by atoms with van der Waals surface area (Å²) < 4.78 is 1.67. The third kappa shape index (κ3) is 3.88. The molecule has 3 aromatic rings. The number of benzene rings is 2. The summed E-state index contributed by atoms with van der Waals surface area (Å²) in [4.78, 5) is 29.1. The Balaban J connectivity index is 1.85. The lowest BCUT2D eigenvalue weighted by Crippen LogP contribution is -2.21. The minimum Gasteiger partial charge on any atom is -0.316 e. The summed E-state index contributed by atoms with van der Waals surface area (Å²) in [5.74, 6) is -0.425. The first-order chi connectivity index (χ1) is 11.6. The van der Waals surface area contributed by atoms with E-state index >= 15 is 0 Å². The summed E-state index contributed by atoms with van der Waals surface area (Å²) in [6, 6.07) is 15.7. The predicted molar refractivity (Wildman–Crippen MR) is 94.4 cm³/mol. The number of hydrogen-bond acceptors (Lipinski definition) is 3. The zero-order valence-electron chi connectivity index (χ0n) is 12.6. The molecule has 1 heterocycles. The van der Waals surface area contributed by atoms with Crippen molar-refractivity contribution in [3.05, 3.63) is 87.1 Å². The van der Waals surface area contributed by atoms with Crippen molar-refractivity contribution in [1.82, 2.24) is 4.57 Å². The monoisotopic (exact) mass is 356 g/mol. The topological polar surface area (TPSA) is 51.4 Å². The van der Waals surface area contributed by atoms with Crippen LogP contribution in [0.1, 0.15) is 20.7 Å². The maximum atomic E-state index is 12.3. The van der Waals surface area contributed by atoms with Crippen molar-refractivity contribution in [2.24, 2.45) is 4.99 Å². The van der Waals surface area contributed by atoms with Gasteiger partial charge in [-0.05, 0) is 18.2 Å². The summed E-state index contributed by atoms with van der Waals surface area (Å²) in [6.07, 6.45) is 1.75. The molecule has 0 unspecified atom stereocenters. The average Bonchev–Trinajstić information content (AvgIpc) is 3.02. The van der Waals surface area contributed by atoms with Crippen molar-refractivity contribution in [3.63, 3.8) is 0 Å². The maximum absolute atomic E-state index is 12.3. The summed E-state index contributed by atoms with van der Waals surface area (Å²) >= 11 is 7.20. The molecule has 3 rings (SSSR count). The van der Waals surface area contributed by atoms with E-state index in [2.05, 4.69) is 4.99 Å². The SMILES string of the molecule is O=C(Cn1ccsc1=NC(=O)c1cccc(Cl)c1)c1ccccc1. The van der Waals surface area contributed by atoms with E-state index in [0.29, 0.717) is 21.0 Å². The third-order valence-corrected chi connectivity index (χ3v) is 4.37. The molecule has 6 heteroatoms. The van der Waals surface area contributed by atoms with Crippen LogP contribution in [0.5, 0.6) is 0 Å². The fourth-order valence-corrected chi connectivity index (χ4v) is 3.07. The van der Waals surface area contributed by atoms with Crippen molar-refractivity contribution in [1.29, 1.82) is 0 Å². The molecular formula is C18H13ClN2O2S. The van der Waals surface area contributed by atoms with Gasteiger partial charge in [0.2, 0.25) is 0 Å². The number of amides is 1. The Hall–Kier alpha value is -2.50. The number of halogens is 1. The highest BCUT2D eigenvalue weighted by molar-refractivity contribution is 7.07. The Labute approximate surface area is 147 Å². The van der Waals surface area contributed by atoms with Crippen LogP contribution in [-0.4, -0.2) is 16.3 Å². The fraction of sp³-hybridized carbons (Fsp3) is 0.0556. The van der Waals surface area contributed by atoms with Gasteiger partial charge in [0.05, 0.1) is 6.54 Å². The standard InChI is InChI=1S/C18H13ClN2O2S/c19-15-8-4-7-14(11-15)17(23)20-18-21(9-10-24-18)12-16(22)13-5-2-1-3-6-13/h1-11H,12H2. The number of Topliss-reactive ketones (excluding diaryl/α,β-unsaturated/α-hetero) is 1. The van der Waals surface area contributed by atoms with Crippen LogP contribution in [-0.2, 0) is 6.54 Å². The number of hydrogen-bond donors (Lipinski definition) is 0. The van der Waals surface area contributed by atoms with E-state index in [4.69, 9.17) is 11.6 Å². The first-order valence-corrected chi connectivity index (χ1v) is 8.46. The zero-order chi connectivity index (χ0) is 16.9. The van der Waals surface area contributed by atoms with Crippen molar-refractivity contribution in [2.75, 3.05) is 0 Å². The van der Waals surface area contributed by atoms with Crippen molar-refractivity contribution >= 4 is 34.6 Å². The molecule has 2 aromatic carbocycles. The molecule has 24 heavy (non-hydrogen) atoms. The quantitative estimate of drug-likeness (QED) is 0.667. The van der Waals surface area contributed by atoms with Crippen LogP contribution in [0.15, 0.2) is 71.2 Å². The van der Waals surface area contributed by atoms with Gasteiger partial charge in [-0.1, -0.05) is 48.0 Å². The number of carbonyl (C=O) groups is 2. The molecule has 0 N–H and O–H groups in total. The Bertz CT molecular complexity index is 945. The normalized spacial score (nSPS) is 11.5. The zero-order valence-corrected chi connectivity index (χ0v) is 14.1. The van der Waals surface area contributed by atoms with E-state index in [0.717, 1.165) is 0 Å². The Morgan fingerprint density at radius 3 is 2.54 bits per heavy atom. The lowest BCUT2D eigenvalue weighted by Gasteiger charge is -2.02. The van der Waals surface area contributed by atoms with E-state index in [1.165, 1.54) is 11.3 Å². The minimum atomic E-state index is -0.388. The van der Waals surface area contributed by atoms with Crippen molar-refractivity contribution in [2.45, 2.75) is 6.54 Å². The van der Waals surface area contributed by atoms with Crippen molar-refractivity contribution in [3.8, 4) is 0 Å². The van der Waals surface area contributed by atoms with E-state index in [9.17, 15) is 9.59 Å². The molecule has 4 nitrogen and oxygen atoms in total. The largest absolute Gasteiger partial charge is 0.316 e. The molecule has 0 bridgehead atoms. The lowest BCUT2D eigenvalue weighted by molar-refractivity contribution is 0.0963. The Kier molecular flexibility index (Phi) is 5.03. The summed E-state index contributed by atoms with van der Waals surface area (Å²) in [5.41, 5.74) is 1.04. The molecule has 0 atom stereocenters. The van der Waals surface area contributed by atoms with Gasteiger partial charge < -0.3 is 4.57 Å². The maximum Gasteiger partial charge on any atom is 0.279 e. The molecule has 0 spiro atoms. The number of aromatic nitrogens is 1. The van der Waals surface area contributed by atoms with Gasteiger partial charge in [0.15, 0.2) is 10.6 Å². The summed E-state index contributed by atoms with van der Waals surface area (Å²) in [7, 11) is 0. The van der Waals surface area contributed by atoms with Gasteiger partial charge in [-0.15, -0.1) is 11.3 Å². The molecule has 120 valence electrons. The number of carbonyl (C=O) groups excluding carboxylic acids is 2. The smallest absolute Gasteiger partial charge is 0.279 e. The second kappa shape index (κ2) is 7.38. The number of ketones is 1. The van der Waals surface area contributed by atoms with Crippen LogP contribution in [0.25, 0.3) is 0 Å². The second-order valence-electron chi connectivity index (χ2n) is 5.03. The first-order valence-electron chi connectivity index (χ1n) is 7.20. The molecule has 0 saturated heterocycles. The van der Waals surface area contributed by atoms with Gasteiger partial charge in [-0.25, -0.2) is 0 Å². The van der Waals surface area contributed by atoms with E-state index < -0.39 is 0 Å². The molecule has 0 saturated carbocycles. The Morgan fingerprint density at radius 2 is 1.79 bits per heavy atom. The first kappa shape index (κ1) is 16.4. The Morgan fingerprint density at radius 1 is 1.04 bits per heavy atom. The molecule has 0 radical (unpaired) electrons. The van der Waals surface area contributed by atoms with Crippen LogP contribution in [0, 0.1) is 0 Å². The molecule has 0 aliphatic rings. The van der Waals surface area contributed by atoms with Crippen LogP contribution < -0.4 is 4.80 Å². The third-order valence-electron chi connectivity index (χ3n) is 3.34. The molecule has 0 aliphatic carbocycles. The minimum absolute atomic E-state index is 0.0364. The van der Waals surface area contributed by atoms with Crippen LogP contribution >= 0.6 is 22.9 Å². The van der Waals surface area contributed by atoms with Gasteiger partial charge in [-0.2, -0.15) is 4.99 Å². The van der Waals surface area contributed by atoms with Gasteiger partial charge in [0.1, 0.15) is 0 Å². The van der Waals surface area contributed by atoms with Crippen molar-refractivity contribution < 1.29 is 9.59 Å².